The Balaban J connectivity index is 1.62. The Labute approximate surface area is 195 Å². The number of aliphatic carboxylic acids is 1. The molecule has 1 aliphatic heterocycles. The molecule has 1 unspecified atom stereocenters. The predicted molar refractivity (Wildman–Crippen MR) is 128 cm³/mol. The van der Waals surface area contributed by atoms with Gasteiger partial charge in [-0.15, -0.1) is 11.8 Å². The number of sulfonamides is 1. The Bertz CT molecular complexity index is 1030. The summed E-state index contributed by atoms with van der Waals surface area (Å²) in [7, 11) is -3.42. The number of carboxylic acid groups (broad SMARTS) is 1. The van der Waals surface area contributed by atoms with Crippen molar-refractivity contribution in [3.8, 4) is 5.75 Å². The van der Waals surface area contributed by atoms with E-state index in [0.717, 1.165) is 22.4 Å². The predicted octanol–water partition coefficient (Wildman–Crippen LogP) is 4.58. The number of rotatable bonds is 11. The summed E-state index contributed by atoms with van der Waals surface area (Å²) in [6, 6.07) is 15.2. The van der Waals surface area contributed by atoms with Gasteiger partial charge in [0.25, 0.3) is 0 Å². The van der Waals surface area contributed by atoms with Crippen LogP contribution in [0.15, 0.2) is 53.4 Å². The van der Waals surface area contributed by atoms with Crippen LogP contribution in [0.4, 0.5) is 0 Å². The summed E-state index contributed by atoms with van der Waals surface area (Å²) >= 11 is 1.44. The lowest BCUT2D eigenvalue weighted by molar-refractivity contribution is -0.152. The third kappa shape index (κ3) is 5.85. The number of carboxylic acids is 1. The van der Waals surface area contributed by atoms with Crippen LogP contribution in [0.1, 0.15) is 44.7 Å². The molecule has 1 N–H and O–H groups in total. The second-order valence-corrected chi connectivity index (χ2v) is 12.1. The first-order valence-corrected chi connectivity index (χ1v) is 13.3. The molecule has 0 aromatic heterocycles. The van der Waals surface area contributed by atoms with Crippen LogP contribution >= 0.6 is 11.8 Å². The van der Waals surface area contributed by atoms with Gasteiger partial charge in [-0.25, -0.2) is 17.5 Å². The van der Waals surface area contributed by atoms with E-state index in [4.69, 9.17) is 4.74 Å². The number of fused-ring (bicyclic) bond motifs is 1. The summed E-state index contributed by atoms with van der Waals surface area (Å²) in [5, 5.41) is 9.26. The number of aryl methyl sites for hydroxylation is 1. The van der Waals surface area contributed by atoms with Gasteiger partial charge in [-0.3, -0.25) is 0 Å². The molecule has 3 rings (SSSR count). The van der Waals surface area contributed by atoms with E-state index in [2.05, 4.69) is 0 Å². The highest BCUT2D eigenvalue weighted by Crippen LogP contribution is 2.40. The number of hydrogen-bond acceptors (Lipinski definition) is 5. The van der Waals surface area contributed by atoms with Gasteiger partial charge in [0.15, 0.2) is 5.60 Å². The molecule has 0 aliphatic carbocycles. The van der Waals surface area contributed by atoms with Gasteiger partial charge in [0, 0.05) is 24.4 Å². The highest BCUT2D eigenvalue weighted by molar-refractivity contribution is 8.13. The van der Waals surface area contributed by atoms with Gasteiger partial charge in [0.2, 0.25) is 10.0 Å². The fourth-order valence-corrected chi connectivity index (χ4v) is 7.37. The number of nitrogens with zero attached hydrogens (tertiary/aromatic N) is 1. The highest BCUT2D eigenvalue weighted by Gasteiger charge is 2.36. The summed E-state index contributed by atoms with van der Waals surface area (Å²) in [5.41, 5.74) is 0.769. The summed E-state index contributed by atoms with van der Waals surface area (Å²) in [6.45, 7) is 5.97. The molecule has 0 radical (unpaired) electrons. The van der Waals surface area contributed by atoms with Crippen LogP contribution < -0.4 is 4.74 Å². The van der Waals surface area contributed by atoms with Crippen molar-refractivity contribution in [3.05, 3.63) is 59.7 Å². The largest absolute Gasteiger partial charge is 0.478 e. The molecule has 2 aromatic carbocycles. The van der Waals surface area contributed by atoms with Crippen LogP contribution in [0.3, 0.4) is 0 Å². The molecule has 0 bridgehead atoms. The van der Waals surface area contributed by atoms with E-state index in [9.17, 15) is 18.3 Å². The Hall–Kier alpha value is -2.03. The molecule has 1 heterocycles. The topological polar surface area (TPSA) is 83.9 Å². The SMILES string of the molecule is CCCN(CCCc1cccc(OC(C)(C)C(=O)O)c1)S(=O)(=O)C1Cc2ccccc2S1. The first-order valence-electron chi connectivity index (χ1n) is 10.9. The standard InChI is InChI=1S/C24H31NO5S2/c1-4-14-25(32(28,29)22-17-19-11-5-6-13-21(19)31-22)15-8-10-18-9-7-12-20(16-18)30-24(2,3)23(26)27/h5-7,9,11-13,16,22H,4,8,10,14-15,17H2,1-3H3,(H,26,27). The van der Waals surface area contributed by atoms with Crippen molar-refractivity contribution in [2.24, 2.45) is 0 Å². The maximum absolute atomic E-state index is 13.3. The quantitative estimate of drug-likeness (QED) is 0.510. The van der Waals surface area contributed by atoms with Crippen LogP contribution in [0.2, 0.25) is 0 Å². The number of hydrogen-bond donors (Lipinski definition) is 1. The minimum atomic E-state index is -3.42. The number of benzene rings is 2. The maximum atomic E-state index is 13.3. The van der Waals surface area contributed by atoms with Gasteiger partial charge in [-0.1, -0.05) is 37.3 Å². The lowest BCUT2D eigenvalue weighted by Gasteiger charge is -2.25. The summed E-state index contributed by atoms with van der Waals surface area (Å²) in [4.78, 5) is 12.4. The zero-order chi connectivity index (χ0) is 23.4. The molecule has 2 aromatic rings. The van der Waals surface area contributed by atoms with Crippen LogP contribution in [-0.2, 0) is 27.7 Å². The molecular weight excluding hydrogens is 446 g/mol. The Morgan fingerprint density at radius 2 is 1.94 bits per heavy atom. The van der Waals surface area contributed by atoms with Gasteiger partial charge in [-0.2, -0.15) is 0 Å². The maximum Gasteiger partial charge on any atom is 0.347 e. The van der Waals surface area contributed by atoms with Crippen molar-refractivity contribution in [2.45, 2.75) is 61.5 Å². The Morgan fingerprint density at radius 1 is 1.19 bits per heavy atom. The van der Waals surface area contributed by atoms with E-state index in [1.807, 2.05) is 49.4 Å². The third-order valence-electron chi connectivity index (χ3n) is 5.44. The van der Waals surface area contributed by atoms with Crippen molar-refractivity contribution in [1.82, 2.24) is 4.31 Å². The second-order valence-electron chi connectivity index (χ2n) is 8.47. The fraction of sp³-hybridized carbons (Fsp3) is 0.458. The molecule has 1 atom stereocenters. The van der Waals surface area contributed by atoms with Gasteiger partial charge >= 0.3 is 5.97 Å². The smallest absolute Gasteiger partial charge is 0.347 e. The van der Waals surface area contributed by atoms with Crippen molar-refractivity contribution in [2.75, 3.05) is 13.1 Å². The normalized spacial score (nSPS) is 16.2. The highest BCUT2D eigenvalue weighted by atomic mass is 32.3. The van der Waals surface area contributed by atoms with Crippen molar-refractivity contribution in [3.63, 3.8) is 0 Å². The molecule has 8 heteroatoms. The van der Waals surface area contributed by atoms with E-state index < -0.39 is 26.2 Å². The summed E-state index contributed by atoms with van der Waals surface area (Å²) < 4.78 is 33.4. The number of thioether (sulfide) groups is 1. The van der Waals surface area contributed by atoms with E-state index in [1.54, 1.807) is 10.4 Å². The van der Waals surface area contributed by atoms with Gasteiger partial charge < -0.3 is 9.84 Å². The Morgan fingerprint density at radius 3 is 2.62 bits per heavy atom. The summed E-state index contributed by atoms with van der Waals surface area (Å²) in [5.74, 6) is -0.539. The zero-order valence-electron chi connectivity index (χ0n) is 18.8. The second kappa shape index (κ2) is 10.3. The first-order chi connectivity index (χ1) is 15.1. The number of ether oxygens (including phenoxy) is 1. The molecular formula is C24H31NO5S2. The van der Waals surface area contributed by atoms with Crippen molar-refractivity contribution >= 4 is 27.8 Å². The van der Waals surface area contributed by atoms with E-state index in [1.165, 1.54) is 25.6 Å². The fourth-order valence-electron chi connectivity index (χ4n) is 3.66. The van der Waals surface area contributed by atoms with Gasteiger partial charge in [-0.05, 0) is 62.4 Å². The molecule has 1 aliphatic rings. The molecule has 0 fully saturated rings. The van der Waals surface area contributed by atoms with E-state index in [0.29, 0.717) is 38.1 Å². The lowest BCUT2D eigenvalue weighted by Crippen LogP contribution is -2.38. The summed E-state index contributed by atoms with van der Waals surface area (Å²) in [6.07, 6.45) is 2.66. The van der Waals surface area contributed by atoms with Crippen molar-refractivity contribution < 1.29 is 23.1 Å². The van der Waals surface area contributed by atoms with Crippen molar-refractivity contribution in [1.29, 1.82) is 0 Å². The molecule has 0 saturated carbocycles. The average molecular weight is 478 g/mol. The molecule has 0 amide bonds. The average Bonchev–Trinajstić information content (AvgIpc) is 3.18. The minimum Gasteiger partial charge on any atom is -0.478 e. The third-order valence-corrected chi connectivity index (χ3v) is 9.46. The molecule has 32 heavy (non-hydrogen) atoms. The first kappa shape index (κ1) is 24.6. The van der Waals surface area contributed by atoms with E-state index >= 15 is 0 Å². The van der Waals surface area contributed by atoms with Gasteiger partial charge in [0.05, 0.1) is 0 Å². The molecule has 0 saturated heterocycles. The molecule has 0 spiro atoms. The molecule has 174 valence electrons. The zero-order valence-corrected chi connectivity index (χ0v) is 20.4. The van der Waals surface area contributed by atoms with Gasteiger partial charge in [0.1, 0.15) is 10.3 Å². The number of carbonyl (C=O) groups is 1. The monoisotopic (exact) mass is 477 g/mol. The van der Waals surface area contributed by atoms with Crippen LogP contribution in [-0.4, -0.2) is 47.1 Å². The lowest BCUT2D eigenvalue weighted by atomic mass is 10.1. The van der Waals surface area contributed by atoms with Crippen LogP contribution in [0.25, 0.3) is 0 Å². The van der Waals surface area contributed by atoms with Crippen LogP contribution in [0, 0.1) is 0 Å². The van der Waals surface area contributed by atoms with E-state index in [-0.39, 0.29) is 0 Å². The molecule has 6 nitrogen and oxygen atoms in total. The van der Waals surface area contributed by atoms with Crippen LogP contribution in [0.5, 0.6) is 5.75 Å². The Kier molecular flexibility index (Phi) is 7.90. The minimum absolute atomic E-state index is 0.454.